The number of pyridine rings is 1. The van der Waals surface area contributed by atoms with Crippen molar-refractivity contribution in [2.45, 2.75) is 13.8 Å². The molecule has 17 heavy (non-hydrogen) atoms. The lowest BCUT2D eigenvalue weighted by Gasteiger charge is -2.03. The average molecular weight is 232 g/mol. The molecule has 0 saturated carbocycles. The third-order valence-corrected chi connectivity index (χ3v) is 2.24. The Balaban J connectivity index is 2.50. The number of nitrogens with two attached hydrogens (primary N) is 1. The summed E-state index contributed by atoms with van der Waals surface area (Å²) in [6, 6.07) is 3.33. The van der Waals surface area contributed by atoms with Crippen LogP contribution in [0.3, 0.4) is 0 Å². The molecule has 0 atom stereocenters. The number of aryl methyl sites for hydroxylation is 2. The molecule has 7 heteroatoms. The second-order valence-corrected chi connectivity index (χ2v) is 3.51. The van der Waals surface area contributed by atoms with Crippen molar-refractivity contribution in [3.8, 4) is 5.82 Å². The summed E-state index contributed by atoms with van der Waals surface area (Å²) in [7, 11) is 0. The molecule has 0 saturated heterocycles. The average Bonchev–Trinajstić information content (AvgIpc) is 2.67. The molecule has 0 aromatic carbocycles. The minimum Gasteiger partial charge on any atom is -0.409 e. The van der Waals surface area contributed by atoms with E-state index in [4.69, 9.17) is 10.9 Å². The highest BCUT2D eigenvalue weighted by atomic mass is 16.4. The molecule has 0 unspecified atom stereocenters. The minimum atomic E-state index is 0.0307. The van der Waals surface area contributed by atoms with Gasteiger partial charge in [-0.2, -0.15) is 4.68 Å². The van der Waals surface area contributed by atoms with Gasteiger partial charge in [0.05, 0.1) is 0 Å². The maximum Gasteiger partial charge on any atom is 0.170 e. The highest BCUT2D eigenvalue weighted by Crippen LogP contribution is 2.08. The van der Waals surface area contributed by atoms with Crippen LogP contribution in [0.5, 0.6) is 0 Å². The number of rotatable bonds is 2. The molecule has 0 radical (unpaired) electrons. The molecule has 2 rings (SSSR count). The molecule has 2 aromatic rings. The van der Waals surface area contributed by atoms with Gasteiger partial charge in [-0.25, -0.2) is 9.97 Å². The van der Waals surface area contributed by atoms with E-state index in [2.05, 4.69) is 20.2 Å². The van der Waals surface area contributed by atoms with Crippen molar-refractivity contribution in [1.29, 1.82) is 0 Å². The first kappa shape index (κ1) is 11.1. The molecular formula is C10H12N6O. The molecule has 0 aliphatic heterocycles. The van der Waals surface area contributed by atoms with Crippen LogP contribution in [0.1, 0.15) is 17.2 Å². The van der Waals surface area contributed by atoms with Crippen molar-refractivity contribution in [1.82, 2.24) is 19.7 Å². The van der Waals surface area contributed by atoms with E-state index in [1.807, 2.05) is 6.92 Å². The van der Waals surface area contributed by atoms with E-state index in [0.29, 0.717) is 17.2 Å². The summed E-state index contributed by atoms with van der Waals surface area (Å²) in [5.41, 5.74) is 6.09. The summed E-state index contributed by atoms with van der Waals surface area (Å²) in [4.78, 5) is 8.35. The third-order valence-electron chi connectivity index (χ3n) is 2.24. The van der Waals surface area contributed by atoms with Gasteiger partial charge in [-0.15, -0.1) is 5.10 Å². The van der Waals surface area contributed by atoms with Gasteiger partial charge in [-0.1, -0.05) is 5.16 Å². The second-order valence-electron chi connectivity index (χ2n) is 3.51. The monoisotopic (exact) mass is 232 g/mol. The van der Waals surface area contributed by atoms with Gasteiger partial charge in [0.25, 0.3) is 0 Å². The van der Waals surface area contributed by atoms with Gasteiger partial charge < -0.3 is 10.9 Å². The van der Waals surface area contributed by atoms with Crippen LogP contribution in [0.4, 0.5) is 0 Å². The number of oxime groups is 1. The zero-order chi connectivity index (χ0) is 12.4. The summed E-state index contributed by atoms with van der Waals surface area (Å²) >= 11 is 0. The molecule has 88 valence electrons. The van der Waals surface area contributed by atoms with Crippen LogP contribution in [-0.4, -0.2) is 30.8 Å². The normalized spacial score (nSPS) is 11.8. The maximum absolute atomic E-state index is 8.62. The first-order valence-corrected chi connectivity index (χ1v) is 4.96. The number of nitrogens with zero attached hydrogens (tertiary/aromatic N) is 5. The number of aromatic nitrogens is 4. The quantitative estimate of drug-likeness (QED) is 0.337. The molecular weight excluding hydrogens is 220 g/mol. The first-order valence-electron chi connectivity index (χ1n) is 4.96. The van der Waals surface area contributed by atoms with E-state index in [1.54, 1.807) is 29.9 Å². The second kappa shape index (κ2) is 4.20. The fourth-order valence-corrected chi connectivity index (χ4v) is 1.49. The van der Waals surface area contributed by atoms with Crippen molar-refractivity contribution in [2.24, 2.45) is 10.9 Å². The standard InChI is InChI=1S/C10H12N6O/c1-6-13-7(2)16(14-6)9-5-8(3-4-12-9)10(11)15-17/h3-5,17H,1-2H3,(H2,11,15). The molecule has 0 bridgehead atoms. The van der Waals surface area contributed by atoms with Gasteiger partial charge in [0.2, 0.25) is 0 Å². The van der Waals surface area contributed by atoms with Gasteiger partial charge >= 0.3 is 0 Å². The lowest BCUT2D eigenvalue weighted by atomic mass is 10.2. The summed E-state index contributed by atoms with van der Waals surface area (Å²) in [6.45, 7) is 3.63. The fourth-order valence-electron chi connectivity index (χ4n) is 1.49. The van der Waals surface area contributed by atoms with E-state index in [-0.39, 0.29) is 5.84 Å². The van der Waals surface area contributed by atoms with E-state index < -0.39 is 0 Å². The van der Waals surface area contributed by atoms with Gasteiger partial charge in [-0.3, -0.25) is 0 Å². The summed E-state index contributed by atoms with van der Waals surface area (Å²) in [6.07, 6.45) is 1.57. The smallest absolute Gasteiger partial charge is 0.170 e. The van der Waals surface area contributed by atoms with Crippen LogP contribution in [0, 0.1) is 13.8 Å². The molecule has 0 fully saturated rings. The Kier molecular flexibility index (Phi) is 2.73. The topological polar surface area (TPSA) is 102 Å². The Hall–Kier alpha value is -2.44. The van der Waals surface area contributed by atoms with Gasteiger partial charge in [0, 0.05) is 11.8 Å². The Morgan fingerprint density at radius 2 is 2.24 bits per heavy atom. The van der Waals surface area contributed by atoms with Crippen molar-refractivity contribution in [3.05, 3.63) is 35.5 Å². The molecule has 2 aromatic heterocycles. The molecule has 2 heterocycles. The van der Waals surface area contributed by atoms with Crippen LogP contribution >= 0.6 is 0 Å². The predicted octanol–water partition coefficient (Wildman–Crippen LogP) is 0.374. The van der Waals surface area contributed by atoms with Crippen molar-refractivity contribution >= 4 is 5.84 Å². The predicted molar refractivity (Wildman–Crippen MR) is 61.1 cm³/mol. The zero-order valence-electron chi connectivity index (χ0n) is 9.49. The van der Waals surface area contributed by atoms with E-state index in [9.17, 15) is 0 Å². The summed E-state index contributed by atoms with van der Waals surface area (Å²) in [5.74, 6) is 2.00. The molecule has 0 aliphatic rings. The SMILES string of the molecule is Cc1nc(C)n(-c2cc(/C(N)=N/O)ccn2)n1. The Morgan fingerprint density at radius 3 is 2.82 bits per heavy atom. The van der Waals surface area contributed by atoms with Crippen LogP contribution in [-0.2, 0) is 0 Å². The number of hydrogen-bond acceptors (Lipinski definition) is 5. The van der Waals surface area contributed by atoms with Gasteiger partial charge in [-0.05, 0) is 26.0 Å². The van der Waals surface area contributed by atoms with E-state index in [0.717, 1.165) is 5.82 Å². The lowest BCUT2D eigenvalue weighted by molar-refractivity contribution is 0.318. The van der Waals surface area contributed by atoms with Crippen molar-refractivity contribution < 1.29 is 5.21 Å². The van der Waals surface area contributed by atoms with Gasteiger partial charge in [0.1, 0.15) is 11.6 Å². The van der Waals surface area contributed by atoms with Crippen LogP contribution in [0.25, 0.3) is 5.82 Å². The largest absolute Gasteiger partial charge is 0.409 e. The molecule has 3 N–H and O–H groups in total. The third kappa shape index (κ3) is 2.07. The van der Waals surface area contributed by atoms with Crippen LogP contribution in [0.2, 0.25) is 0 Å². The highest BCUT2D eigenvalue weighted by Gasteiger charge is 2.08. The maximum atomic E-state index is 8.62. The van der Waals surface area contributed by atoms with E-state index in [1.165, 1.54) is 0 Å². The molecule has 0 aliphatic carbocycles. The van der Waals surface area contributed by atoms with Crippen molar-refractivity contribution in [3.63, 3.8) is 0 Å². The molecule has 0 amide bonds. The molecule has 7 nitrogen and oxygen atoms in total. The Bertz CT molecular complexity index is 574. The lowest BCUT2D eigenvalue weighted by Crippen LogP contribution is -2.14. The van der Waals surface area contributed by atoms with Gasteiger partial charge in [0.15, 0.2) is 11.7 Å². The Morgan fingerprint density at radius 1 is 1.47 bits per heavy atom. The fraction of sp³-hybridized carbons (Fsp3) is 0.200. The first-order chi connectivity index (χ1) is 8.11. The zero-order valence-corrected chi connectivity index (χ0v) is 9.49. The highest BCUT2D eigenvalue weighted by molar-refractivity contribution is 5.97. The van der Waals surface area contributed by atoms with Crippen LogP contribution < -0.4 is 5.73 Å². The number of hydrogen-bond donors (Lipinski definition) is 2. The Labute approximate surface area is 97.6 Å². The number of amidine groups is 1. The minimum absolute atomic E-state index is 0.0307. The summed E-state index contributed by atoms with van der Waals surface area (Å²) < 4.78 is 1.60. The van der Waals surface area contributed by atoms with Crippen LogP contribution in [0.15, 0.2) is 23.5 Å². The van der Waals surface area contributed by atoms with Crippen molar-refractivity contribution in [2.75, 3.05) is 0 Å². The van der Waals surface area contributed by atoms with E-state index >= 15 is 0 Å². The summed E-state index contributed by atoms with van der Waals surface area (Å²) in [5, 5.41) is 15.8. The molecule has 0 spiro atoms.